The molecule has 0 radical (unpaired) electrons. The highest BCUT2D eigenvalue weighted by Gasteiger charge is 1.97. The Bertz CT molecular complexity index is 377. The van der Waals surface area contributed by atoms with Gasteiger partial charge in [-0.1, -0.05) is 23.7 Å². The molecule has 4 heteroatoms. The summed E-state index contributed by atoms with van der Waals surface area (Å²) < 4.78 is 0. The summed E-state index contributed by atoms with van der Waals surface area (Å²) in [6.07, 6.45) is 2.62. The van der Waals surface area contributed by atoms with Crippen LogP contribution in [0.15, 0.2) is 36.5 Å². The van der Waals surface area contributed by atoms with Gasteiger partial charge in [-0.25, -0.2) is 4.79 Å². The second-order valence-electron chi connectivity index (χ2n) is 3.20. The van der Waals surface area contributed by atoms with Crippen LogP contribution in [-0.2, 0) is 11.3 Å². The molecule has 0 aliphatic rings. The topological polar surface area (TPSA) is 40.5 Å². The Morgan fingerprint density at radius 2 is 2.33 bits per heavy atom. The van der Waals surface area contributed by atoms with E-state index in [9.17, 15) is 4.79 Å². The van der Waals surface area contributed by atoms with Gasteiger partial charge in [-0.15, -0.1) is 0 Å². The molecule has 0 spiro atoms. The number of nitrogens with zero attached hydrogens (tertiary/aromatic N) is 1. The van der Waals surface area contributed by atoms with E-state index in [2.05, 4.69) is 0 Å². The number of aliphatic carboxylic acids is 1. The zero-order chi connectivity index (χ0) is 11.3. The van der Waals surface area contributed by atoms with E-state index >= 15 is 0 Å². The molecule has 1 N–H and O–H groups in total. The maximum absolute atomic E-state index is 10.3. The summed E-state index contributed by atoms with van der Waals surface area (Å²) in [4.78, 5) is 12.1. The number of halogens is 1. The van der Waals surface area contributed by atoms with Gasteiger partial charge in [0.1, 0.15) is 0 Å². The normalized spacial score (nSPS) is 10.5. The first kappa shape index (κ1) is 11.6. The van der Waals surface area contributed by atoms with Crippen molar-refractivity contribution in [3.05, 3.63) is 47.1 Å². The second-order valence-corrected chi connectivity index (χ2v) is 3.64. The Kier molecular flexibility index (Phi) is 4.18. The molecule has 0 heterocycles. The van der Waals surface area contributed by atoms with Crippen LogP contribution in [0.1, 0.15) is 5.56 Å². The highest BCUT2D eigenvalue weighted by Crippen LogP contribution is 2.12. The smallest absolute Gasteiger partial charge is 0.329 e. The molecule has 80 valence electrons. The van der Waals surface area contributed by atoms with E-state index in [0.717, 1.165) is 11.6 Å². The Balaban J connectivity index is 2.58. The van der Waals surface area contributed by atoms with Crippen LogP contribution in [0.3, 0.4) is 0 Å². The van der Waals surface area contributed by atoms with Gasteiger partial charge < -0.3 is 10.0 Å². The predicted octanol–water partition coefficient (Wildman–Crippen LogP) is 2.37. The zero-order valence-electron chi connectivity index (χ0n) is 8.35. The van der Waals surface area contributed by atoms with E-state index in [0.29, 0.717) is 11.6 Å². The molecule has 0 amide bonds. The van der Waals surface area contributed by atoms with E-state index in [1.165, 1.54) is 6.20 Å². The molecule has 0 fully saturated rings. The number of benzene rings is 1. The summed E-state index contributed by atoms with van der Waals surface area (Å²) >= 11 is 5.83. The Labute approximate surface area is 93.6 Å². The van der Waals surface area contributed by atoms with Gasteiger partial charge in [-0.2, -0.15) is 0 Å². The minimum absolute atomic E-state index is 0.629. The molecular weight excluding hydrogens is 214 g/mol. The van der Waals surface area contributed by atoms with E-state index in [4.69, 9.17) is 16.7 Å². The summed E-state index contributed by atoms with van der Waals surface area (Å²) in [7, 11) is 1.81. The molecule has 0 atom stereocenters. The molecule has 0 bridgehead atoms. The van der Waals surface area contributed by atoms with Crippen LogP contribution in [0.4, 0.5) is 0 Å². The number of hydrogen-bond acceptors (Lipinski definition) is 2. The molecule has 1 rings (SSSR count). The van der Waals surface area contributed by atoms with Crippen molar-refractivity contribution in [2.45, 2.75) is 6.54 Å². The van der Waals surface area contributed by atoms with Crippen LogP contribution < -0.4 is 0 Å². The lowest BCUT2D eigenvalue weighted by atomic mass is 10.2. The summed E-state index contributed by atoms with van der Waals surface area (Å²) in [6.45, 7) is 0.629. The van der Waals surface area contributed by atoms with Gasteiger partial charge in [-0.3, -0.25) is 0 Å². The fraction of sp³-hybridized carbons (Fsp3) is 0.182. The lowest BCUT2D eigenvalue weighted by Crippen LogP contribution is -2.10. The molecule has 0 aliphatic carbocycles. The molecule has 0 saturated heterocycles. The van der Waals surface area contributed by atoms with Crippen molar-refractivity contribution < 1.29 is 9.90 Å². The number of carboxylic acids is 1. The van der Waals surface area contributed by atoms with Gasteiger partial charge in [0, 0.05) is 30.9 Å². The van der Waals surface area contributed by atoms with E-state index in [1.54, 1.807) is 18.0 Å². The average molecular weight is 226 g/mol. The van der Waals surface area contributed by atoms with Gasteiger partial charge in [0.25, 0.3) is 0 Å². The first-order valence-corrected chi connectivity index (χ1v) is 4.81. The highest BCUT2D eigenvalue weighted by atomic mass is 35.5. The third-order valence-electron chi connectivity index (χ3n) is 1.79. The van der Waals surface area contributed by atoms with Gasteiger partial charge in [0.2, 0.25) is 0 Å². The highest BCUT2D eigenvalue weighted by molar-refractivity contribution is 6.30. The molecule has 0 unspecified atom stereocenters. The first-order valence-electron chi connectivity index (χ1n) is 4.44. The summed E-state index contributed by atoms with van der Waals surface area (Å²) in [5.41, 5.74) is 1.04. The van der Waals surface area contributed by atoms with Gasteiger partial charge >= 0.3 is 5.97 Å². The van der Waals surface area contributed by atoms with Crippen LogP contribution in [-0.4, -0.2) is 23.0 Å². The average Bonchev–Trinajstić information content (AvgIpc) is 2.15. The Morgan fingerprint density at radius 3 is 2.93 bits per heavy atom. The van der Waals surface area contributed by atoms with Gasteiger partial charge in [0.05, 0.1) is 0 Å². The molecule has 0 aromatic heterocycles. The maximum atomic E-state index is 10.3. The van der Waals surface area contributed by atoms with Crippen LogP contribution in [0.2, 0.25) is 5.02 Å². The van der Waals surface area contributed by atoms with Gasteiger partial charge in [0.15, 0.2) is 0 Å². The Morgan fingerprint density at radius 1 is 1.60 bits per heavy atom. The fourth-order valence-electron chi connectivity index (χ4n) is 1.17. The van der Waals surface area contributed by atoms with Crippen molar-refractivity contribution in [2.75, 3.05) is 7.05 Å². The SMILES string of the molecule is CN(C=CC(=O)O)Cc1cccc(Cl)c1. The minimum Gasteiger partial charge on any atom is -0.478 e. The third-order valence-corrected chi connectivity index (χ3v) is 2.03. The standard InChI is InChI=1S/C11H12ClNO2/c1-13(6-5-11(14)15)8-9-3-2-4-10(12)7-9/h2-7H,8H2,1H3,(H,14,15). The maximum Gasteiger partial charge on any atom is 0.329 e. The number of carbonyl (C=O) groups is 1. The van der Waals surface area contributed by atoms with Crippen LogP contribution >= 0.6 is 11.6 Å². The molecule has 3 nitrogen and oxygen atoms in total. The number of rotatable bonds is 4. The van der Waals surface area contributed by atoms with Crippen molar-refractivity contribution >= 4 is 17.6 Å². The summed E-state index contributed by atoms with van der Waals surface area (Å²) in [5, 5.41) is 9.12. The number of carboxylic acid groups (broad SMARTS) is 1. The van der Waals surface area contributed by atoms with E-state index in [1.807, 2.05) is 18.2 Å². The molecule has 0 aliphatic heterocycles. The summed E-state index contributed by atoms with van der Waals surface area (Å²) in [5.74, 6) is -0.951. The van der Waals surface area contributed by atoms with Gasteiger partial charge in [-0.05, 0) is 17.7 Å². The molecular formula is C11H12ClNO2. The van der Waals surface area contributed by atoms with Crippen molar-refractivity contribution in [3.8, 4) is 0 Å². The second kappa shape index (κ2) is 5.41. The summed E-state index contributed by atoms with van der Waals surface area (Å²) in [6, 6.07) is 7.47. The van der Waals surface area contributed by atoms with Crippen molar-refractivity contribution in [1.29, 1.82) is 0 Å². The molecule has 1 aromatic carbocycles. The van der Waals surface area contributed by atoms with Crippen LogP contribution in [0, 0.1) is 0 Å². The van der Waals surface area contributed by atoms with E-state index < -0.39 is 5.97 Å². The molecule has 1 aromatic rings. The monoisotopic (exact) mass is 225 g/mol. The minimum atomic E-state index is -0.951. The lowest BCUT2D eigenvalue weighted by Gasteiger charge is -2.13. The van der Waals surface area contributed by atoms with Crippen molar-refractivity contribution in [1.82, 2.24) is 4.90 Å². The fourth-order valence-corrected chi connectivity index (χ4v) is 1.38. The number of hydrogen-bond donors (Lipinski definition) is 1. The van der Waals surface area contributed by atoms with Crippen molar-refractivity contribution in [3.63, 3.8) is 0 Å². The zero-order valence-corrected chi connectivity index (χ0v) is 9.11. The molecule has 15 heavy (non-hydrogen) atoms. The lowest BCUT2D eigenvalue weighted by molar-refractivity contribution is -0.131. The largest absolute Gasteiger partial charge is 0.478 e. The first-order chi connectivity index (χ1) is 7.08. The Hall–Kier alpha value is -1.48. The molecule has 0 saturated carbocycles. The quantitative estimate of drug-likeness (QED) is 0.800. The van der Waals surface area contributed by atoms with Crippen molar-refractivity contribution in [2.24, 2.45) is 0 Å². The van der Waals surface area contributed by atoms with Crippen LogP contribution in [0.5, 0.6) is 0 Å². The third kappa shape index (κ3) is 4.51. The predicted molar refractivity (Wildman–Crippen MR) is 59.7 cm³/mol. The van der Waals surface area contributed by atoms with Crippen LogP contribution in [0.25, 0.3) is 0 Å². The van der Waals surface area contributed by atoms with E-state index in [-0.39, 0.29) is 0 Å².